The Labute approximate surface area is 221 Å². The van der Waals surface area contributed by atoms with Crippen LogP contribution >= 0.6 is 0 Å². The van der Waals surface area contributed by atoms with Gasteiger partial charge in [0, 0.05) is 12.2 Å². The summed E-state index contributed by atoms with van der Waals surface area (Å²) < 4.78 is 5.31. The van der Waals surface area contributed by atoms with Crippen molar-refractivity contribution in [2.75, 3.05) is 13.2 Å². The number of unbranched alkanes of at least 4 members (excludes halogenated alkanes) is 2. The van der Waals surface area contributed by atoms with E-state index in [1.807, 2.05) is 0 Å². The Bertz CT molecular complexity index is 767. The van der Waals surface area contributed by atoms with Gasteiger partial charge in [0.15, 0.2) is 0 Å². The van der Waals surface area contributed by atoms with E-state index in [9.17, 15) is 9.90 Å². The molecule has 2 saturated carbocycles. The van der Waals surface area contributed by atoms with E-state index < -0.39 is 0 Å². The molecule has 2 aliphatic carbocycles. The molecule has 0 bridgehead atoms. The van der Waals surface area contributed by atoms with Gasteiger partial charge in [0.1, 0.15) is 0 Å². The largest absolute Gasteiger partial charge is 0.462 e. The third-order valence-electron chi connectivity index (χ3n) is 9.16. The van der Waals surface area contributed by atoms with Crippen molar-refractivity contribution in [2.45, 2.75) is 116 Å². The molecule has 3 rings (SSSR count). The van der Waals surface area contributed by atoms with Gasteiger partial charge in [-0.25, -0.2) is 4.79 Å². The molecule has 0 aromatic heterocycles. The number of ether oxygens (including phenoxy) is 1. The molecule has 0 saturated heterocycles. The zero-order valence-electron chi connectivity index (χ0n) is 23.2. The van der Waals surface area contributed by atoms with E-state index in [-0.39, 0.29) is 12.6 Å². The zero-order valence-corrected chi connectivity index (χ0v) is 23.2. The van der Waals surface area contributed by atoms with Crippen LogP contribution in [-0.4, -0.2) is 24.3 Å². The second-order valence-corrected chi connectivity index (χ2v) is 11.9. The Kier molecular flexibility index (Phi) is 12.5. The molecule has 1 N–H and O–H groups in total. The second kappa shape index (κ2) is 15.6. The molecular formula is C33H52O3. The van der Waals surface area contributed by atoms with Gasteiger partial charge >= 0.3 is 5.97 Å². The van der Waals surface area contributed by atoms with E-state index in [1.54, 1.807) is 12.5 Å². The minimum atomic E-state index is -0.299. The Morgan fingerprint density at radius 1 is 0.972 bits per heavy atom. The first-order valence-electron chi connectivity index (χ1n) is 15.0. The number of aryl methyl sites for hydroxylation is 1. The first-order valence-corrected chi connectivity index (χ1v) is 15.0. The van der Waals surface area contributed by atoms with E-state index >= 15 is 0 Å². The Morgan fingerprint density at radius 3 is 2.19 bits per heavy atom. The number of carbonyl (C=O) groups excluding carboxylic acids is 1. The summed E-state index contributed by atoms with van der Waals surface area (Å²) in [5.41, 5.74) is 3.53. The van der Waals surface area contributed by atoms with Crippen LogP contribution in [0.2, 0.25) is 0 Å². The SMILES string of the molecule is C=C(C)C(=O)OCCC(CCO)CC1CCC(C2CCC(c3ccc(CCCCC)cc3)CC2)CC1. The highest BCUT2D eigenvalue weighted by Gasteiger charge is 2.32. The van der Waals surface area contributed by atoms with Crippen LogP contribution in [0.1, 0.15) is 121 Å². The van der Waals surface area contributed by atoms with Crippen molar-refractivity contribution in [1.29, 1.82) is 0 Å². The summed E-state index contributed by atoms with van der Waals surface area (Å²) in [4.78, 5) is 11.6. The Balaban J connectivity index is 1.36. The van der Waals surface area contributed by atoms with Gasteiger partial charge in [-0.05, 0) is 118 Å². The third kappa shape index (κ3) is 9.36. The van der Waals surface area contributed by atoms with Crippen molar-refractivity contribution < 1.29 is 14.6 Å². The lowest BCUT2D eigenvalue weighted by atomic mass is 9.67. The van der Waals surface area contributed by atoms with Crippen molar-refractivity contribution in [2.24, 2.45) is 23.7 Å². The molecular weight excluding hydrogens is 444 g/mol. The highest BCUT2D eigenvalue weighted by molar-refractivity contribution is 5.86. The van der Waals surface area contributed by atoms with Crippen LogP contribution in [0.15, 0.2) is 36.4 Å². The van der Waals surface area contributed by atoms with Gasteiger partial charge in [0.05, 0.1) is 6.61 Å². The van der Waals surface area contributed by atoms with Gasteiger partial charge in [-0.3, -0.25) is 0 Å². The van der Waals surface area contributed by atoms with Gasteiger partial charge in [-0.15, -0.1) is 0 Å². The van der Waals surface area contributed by atoms with Crippen molar-refractivity contribution in [3.63, 3.8) is 0 Å². The average molecular weight is 497 g/mol. The molecule has 2 aliphatic rings. The molecule has 0 heterocycles. The predicted molar refractivity (Wildman–Crippen MR) is 150 cm³/mol. The van der Waals surface area contributed by atoms with Gasteiger partial charge in [0.25, 0.3) is 0 Å². The molecule has 1 aromatic carbocycles. The van der Waals surface area contributed by atoms with E-state index in [1.165, 1.54) is 89.0 Å². The van der Waals surface area contributed by atoms with Crippen molar-refractivity contribution in [3.8, 4) is 0 Å². The zero-order chi connectivity index (χ0) is 25.8. The number of carbonyl (C=O) groups is 1. The minimum absolute atomic E-state index is 0.221. The fourth-order valence-electron chi connectivity index (χ4n) is 6.83. The number of benzene rings is 1. The number of hydrogen-bond donors (Lipinski definition) is 1. The summed E-state index contributed by atoms with van der Waals surface area (Å²) in [5.74, 6) is 3.51. The van der Waals surface area contributed by atoms with Crippen LogP contribution in [-0.2, 0) is 16.0 Å². The summed E-state index contributed by atoms with van der Waals surface area (Å²) >= 11 is 0. The normalized spacial score (nSPS) is 25.3. The molecule has 0 aliphatic heterocycles. The fourth-order valence-corrected chi connectivity index (χ4v) is 6.83. The van der Waals surface area contributed by atoms with Gasteiger partial charge in [0.2, 0.25) is 0 Å². The standard InChI is InChI=1S/C33H52O3/c1-4-5-6-7-26-8-12-29(13-9-26)31-16-18-32(19-17-31)30-14-10-27(11-15-30)24-28(20-22-34)21-23-36-33(35)25(2)3/h8-9,12-13,27-28,30-32,34H,2,4-7,10-11,14-24H2,1,3H3. The maximum atomic E-state index is 11.6. The molecule has 1 aromatic rings. The van der Waals surface area contributed by atoms with Crippen LogP contribution in [0, 0.1) is 23.7 Å². The Morgan fingerprint density at radius 2 is 1.61 bits per heavy atom. The molecule has 1 atom stereocenters. The predicted octanol–water partition coefficient (Wildman–Crippen LogP) is 8.40. The van der Waals surface area contributed by atoms with E-state index in [0.29, 0.717) is 18.1 Å². The summed E-state index contributed by atoms with van der Waals surface area (Å²) in [7, 11) is 0. The minimum Gasteiger partial charge on any atom is -0.462 e. The number of rotatable bonds is 14. The van der Waals surface area contributed by atoms with Gasteiger partial charge in [-0.1, -0.05) is 63.5 Å². The third-order valence-corrected chi connectivity index (χ3v) is 9.16. The molecule has 0 radical (unpaired) electrons. The number of aliphatic hydroxyl groups excluding tert-OH is 1. The van der Waals surface area contributed by atoms with Gasteiger partial charge in [-0.2, -0.15) is 0 Å². The molecule has 0 amide bonds. The van der Waals surface area contributed by atoms with E-state index in [4.69, 9.17) is 4.74 Å². The molecule has 3 nitrogen and oxygen atoms in total. The monoisotopic (exact) mass is 496 g/mol. The molecule has 1 unspecified atom stereocenters. The van der Waals surface area contributed by atoms with Crippen molar-refractivity contribution >= 4 is 5.97 Å². The summed E-state index contributed by atoms with van der Waals surface area (Å²) in [6.45, 7) is 8.27. The van der Waals surface area contributed by atoms with Crippen molar-refractivity contribution in [3.05, 3.63) is 47.5 Å². The van der Waals surface area contributed by atoms with Crippen LogP contribution < -0.4 is 0 Å². The maximum absolute atomic E-state index is 11.6. The van der Waals surface area contributed by atoms with Crippen LogP contribution in [0.5, 0.6) is 0 Å². The number of esters is 1. The number of aliphatic hydroxyl groups is 1. The summed E-state index contributed by atoms with van der Waals surface area (Å²) in [6.07, 6.45) is 19.0. The van der Waals surface area contributed by atoms with Crippen LogP contribution in [0.25, 0.3) is 0 Å². The summed E-state index contributed by atoms with van der Waals surface area (Å²) in [5, 5.41) is 9.51. The lowest BCUT2D eigenvalue weighted by Gasteiger charge is -2.38. The lowest BCUT2D eigenvalue weighted by Crippen LogP contribution is -2.26. The first kappa shape index (κ1) is 29.0. The smallest absolute Gasteiger partial charge is 0.333 e. The molecule has 2 fully saturated rings. The first-order chi connectivity index (χ1) is 17.5. The fraction of sp³-hybridized carbons (Fsp3) is 0.727. The summed E-state index contributed by atoms with van der Waals surface area (Å²) in [6, 6.07) is 9.60. The lowest BCUT2D eigenvalue weighted by molar-refractivity contribution is -0.139. The van der Waals surface area contributed by atoms with E-state index in [2.05, 4.69) is 37.8 Å². The highest BCUT2D eigenvalue weighted by atomic mass is 16.5. The topological polar surface area (TPSA) is 46.5 Å². The number of hydrogen-bond acceptors (Lipinski definition) is 3. The quantitative estimate of drug-likeness (QED) is 0.160. The highest BCUT2D eigenvalue weighted by Crippen LogP contribution is 2.45. The second-order valence-electron chi connectivity index (χ2n) is 11.9. The van der Waals surface area contributed by atoms with Crippen LogP contribution in [0.3, 0.4) is 0 Å². The van der Waals surface area contributed by atoms with E-state index in [0.717, 1.165) is 36.5 Å². The molecule has 3 heteroatoms. The molecule has 202 valence electrons. The maximum Gasteiger partial charge on any atom is 0.333 e. The molecule has 36 heavy (non-hydrogen) atoms. The Hall–Kier alpha value is -1.61. The van der Waals surface area contributed by atoms with Crippen LogP contribution in [0.4, 0.5) is 0 Å². The van der Waals surface area contributed by atoms with Crippen molar-refractivity contribution in [1.82, 2.24) is 0 Å². The van der Waals surface area contributed by atoms with Gasteiger partial charge < -0.3 is 9.84 Å². The molecule has 0 spiro atoms. The average Bonchev–Trinajstić information content (AvgIpc) is 2.90.